The van der Waals surface area contributed by atoms with Gasteiger partial charge in [-0.05, 0) is 48.2 Å². The van der Waals surface area contributed by atoms with Gasteiger partial charge in [0.25, 0.3) is 0 Å². The zero-order valence-electron chi connectivity index (χ0n) is 16.6. The van der Waals surface area contributed by atoms with E-state index in [0.29, 0.717) is 10.6 Å². The van der Waals surface area contributed by atoms with Crippen LogP contribution < -0.4 is 15.7 Å². The van der Waals surface area contributed by atoms with Crippen LogP contribution in [-0.4, -0.2) is 18.0 Å². The summed E-state index contributed by atoms with van der Waals surface area (Å²) in [7, 11) is -3.69. The van der Waals surface area contributed by atoms with E-state index in [1.54, 1.807) is 84.9 Å². The molecule has 0 spiro atoms. The highest BCUT2D eigenvalue weighted by Crippen LogP contribution is 2.46. The van der Waals surface area contributed by atoms with Gasteiger partial charge in [0.1, 0.15) is 6.04 Å². The Hall–Kier alpha value is -2.27. The van der Waals surface area contributed by atoms with Gasteiger partial charge in [-0.2, -0.15) is 8.78 Å². The van der Waals surface area contributed by atoms with Crippen molar-refractivity contribution >= 4 is 35.4 Å². The lowest BCUT2D eigenvalue weighted by Gasteiger charge is -2.31. The number of hydrogen-bond acceptors (Lipinski definition) is 3. The zero-order chi connectivity index (χ0) is 21.8. The summed E-state index contributed by atoms with van der Waals surface area (Å²) in [5, 5.41) is 3.50. The van der Waals surface area contributed by atoms with Gasteiger partial charge >= 0.3 is 5.92 Å². The largest absolute Gasteiger partial charge is 0.324 e. The van der Waals surface area contributed by atoms with Crippen LogP contribution in [0.1, 0.15) is 18.5 Å². The van der Waals surface area contributed by atoms with E-state index in [9.17, 15) is 9.36 Å². The fourth-order valence-electron chi connectivity index (χ4n) is 3.12. The van der Waals surface area contributed by atoms with Crippen LogP contribution in [-0.2, 0) is 9.36 Å². The van der Waals surface area contributed by atoms with Crippen molar-refractivity contribution in [2.75, 3.05) is 6.26 Å². The molecule has 3 rings (SSSR count). The van der Waals surface area contributed by atoms with Gasteiger partial charge in [0.2, 0.25) is 13.1 Å². The minimum absolute atomic E-state index is 0.195. The second-order valence-corrected chi connectivity index (χ2v) is 10.2. The molecule has 3 nitrogen and oxygen atoms in total. The second-order valence-electron chi connectivity index (χ2n) is 6.79. The van der Waals surface area contributed by atoms with E-state index < -0.39 is 25.0 Å². The van der Waals surface area contributed by atoms with Gasteiger partial charge in [0.05, 0.1) is 0 Å². The summed E-state index contributed by atoms with van der Waals surface area (Å²) in [6.07, 6.45) is 1.88. The third-order valence-corrected chi connectivity index (χ3v) is 8.25. The highest BCUT2D eigenvalue weighted by atomic mass is 32.2. The summed E-state index contributed by atoms with van der Waals surface area (Å²) in [4.78, 5) is 12.8. The highest BCUT2D eigenvalue weighted by molar-refractivity contribution is 7.98. The van der Waals surface area contributed by atoms with Crippen LogP contribution in [0.25, 0.3) is 0 Å². The first-order chi connectivity index (χ1) is 14.3. The van der Waals surface area contributed by atoms with E-state index in [0.717, 1.165) is 11.8 Å². The minimum Gasteiger partial charge on any atom is -0.296 e. The smallest absolute Gasteiger partial charge is 0.296 e. The first-order valence-corrected chi connectivity index (χ1v) is 12.2. The molecule has 1 N–H and O–H groups in total. The number of carbonyl (C=O) groups excluding carboxylic acids is 1. The minimum atomic E-state index is -3.75. The first-order valence-electron chi connectivity index (χ1n) is 9.31. The van der Waals surface area contributed by atoms with Gasteiger partial charge in [-0.15, -0.1) is 11.8 Å². The molecule has 3 aromatic rings. The Morgan fingerprint density at radius 3 is 1.77 bits per heavy atom. The van der Waals surface area contributed by atoms with Crippen molar-refractivity contribution in [3.63, 3.8) is 0 Å². The molecule has 0 aliphatic heterocycles. The molecule has 0 amide bonds. The maximum atomic E-state index is 15.1. The predicted octanol–water partition coefficient (Wildman–Crippen LogP) is 5.19. The Morgan fingerprint density at radius 1 is 0.900 bits per heavy atom. The summed E-state index contributed by atoms with van der Waals surface area (Å²) >= 11 is 1.48. The van der Waals surface area contributed by atoms with Crippen LogP contribution in [0.2, 0.25) is 0 Å². The number of carbonyl (C=O) groups is 1. The number of ketones is 1. The van der Waals surface area contributed by atoms with Crippen molar-refractivity contribution in [1.29, 1.82) is 0 Å². The Kier molecular flexibility index (Phi) is 6.91. The normalized spacial score (nSPS) is 13.1. The van der Waals surface area contributed by atoms with Crippen LogP contribution in [0.3, 0.4) is 0 Å². The second kappa shape index (κ2) is 9.25. The van der Waals surface area contributed by atoms with E-state index in [2.05, 4.69) is 5.09 Å². The lowest BCUT2D eigenvalue weighted by Crippen LogP contribution is -2.44. The third kappa shape index (κ3) is 4.56. The molecule has 30 heavy (non-hydrogen) atoms. The fraction of sp³-hybridized carbons (Fsp3) is 0.174. The lowest BCUT2D eigenvalue weighted by molar-refractivity contribution is -0.144. The van der Waals surface area contributed by atoms with Crippen molar-refractivity contribution < 1.29 is 18.1 Å². The van der Waals surface area contributed by atoms with Gasteiger partial charge in [-0.25, -0.2) is 5.09 Å². The fourth-order valence-corrected chi connectivity index (χ4v) is 5.98. The number of benzene rings is 3. The third-order valence-electron chi connectivity index (χ3n) is 4.83. The van der Waals surface area contributed by atoms with Crippen molar-refractivity contribution in [3.8, 4) is 0 Å². The summed E-state index contributed by atoms with van der Waals surface area (Å²) in [6.45, 7) is 0.848. The van der Waals surface area contributed by atoms with Gasteiger partial charge in [0.15, 0.2) is 0 Å². The molecule has 0 aromatic heterocycles. The number of Topliss-reactive ketones (excluding diaryl/α,β-unsaturated/α-hetero) is 1. The number of nitrogens with one attached hydrogen (secondary N) is 1. The van der Waals surface area contributed by atoms with Crippen molar-refractivity contribution in [1.82, 2.24) is 5.09 Å². The standard InChI is InChI=1S/C23H22F2NO2PS/c1-17(27)23(24,25)22(18-13-15-21(30-2)16-14-18)26-29(28,19-9-5-3-6-10-19)20-11-7-4-8-12-20/h3-16,22H,1-2H3,(H,26,28). The molecule has 0 saturated carbocycles. The summed E-state index contributed by atoms with van der Waals surface area (Å²) in [5.41, 5.74) is 0.195. The molecule has 7 heteroatoms. The average molecular weight is 445 g/mol. The van der Waals surface area contributed by atoms with Crippen LogP contribution in [0, 0.1) is 0 Å². The zero-order valence-corrected chi connectivity index (χ0v) is 18.3. The van der Waals surface area contributed by atoms with Gasteiger partial charge in [-0.1, -0.05) is 48.5 Å². The molecule has 0 aliphatic carbocycles. The lowest BCUT2D eigenvalue weighted by atomic mass is 9.99. The van der Waals surface area contributed by atoms with E-state index in [4.69, 9.17) is 0 Å². The molecular weight excluding hydrogens is 423 g/mol. The van der Waals surface area contributed by atoms with E-state index in [1.807, 2.05) is 6.26 Å². The SMILES string of the molecule is CSc1ccc(C(NP(=O)(c2ccccc2)c2ccccc2)C(F)(F)C(C)=O)cc1. The number of alkyl halides is 2. The Labute approximate surface area is 179 Å². The molecule has 0 bridgehead atoms. The van der Waals surface area contributed by atoms with Crippen LogP contribution in [0.5, 0.6) is 0 Å². The molecule has 0 aliphatic rings. The van der Waals surface area contributed by atoms with Crippen molar-refractivity contribution in [2.45, 2.75) is 23.8 Å². The highest BCUT2D eigenvalue weighted by Gasteiger charge is 2.48. The maximum absolute atomic E-state index is 15.1. The molecule has 1 atom stereocenters. The molecule has 0 saturated heterocycles. The molecule has 0 radical (unpaired) electrons. The Morgan fingerprint density at radius 2 is 1.37 bits per heavy atom. The number of rotatable bonds is 8. The summed E-state index contributed by atoms with van der Waals surface area (Å²) < 4.78 is 44.4. The first kappa shape index (κ1) is 22.4. The maximum Gasteiger partial charge on any atom is 0.324 e. The van der Waals surface area contributed by atoms with Gasteiger partial charge in [0, 0.05) is 22.4 Å². The number of halogens is 2. The number of hydrogen-bond donors (Lipinski definition) is 1. The Bertz CT molecular complexity index is 1000. The Balaban J connectivity index is 2.16. The molecule has 1 unspecified atom stereocenters. The summed E-state index contributed by atoms with van der Waals surface area (Å²) in [5.74, 6) is -5.04. The van der Waals surface area contributed by atoms with E-state index in [-0.39, 0.29) is 5.56 Å². The summed E-state index contributed by atoms with van der Waals surface area (Å²) in [6, 6.07) is 21.7. The molecule has 0 heterocycles. The molecular formula is C23H22F2NO2PS. The van der Waals surface area contributed by atoms with Crippen LogP contribution >= 0.6 is 19.1 Å². The molecule has 0 fully saturated rings. The van der Waals surface area contributed by atoms with E-state index in [1.165, 1.54) is 11.8 Å². The molecule has 3 aromatic carbocycles. The monoisotopic (exact) mass is 445 g/mol. The van der Waals surface area contributed by atoms with Gasteiger partial charge < -0.3 is 0 Å². The van der Waals surface area contributed by atoms with E-state index >= 15 is 8.78 Å². The number of thioether (sulfide) groups is 1. The van der Waals surface area contributed by atoms with Crippen LogP contribution in [0.15, 0.2) is 89.8 Å². The van der Waals surface area contributed by atoms with Gasteiger partial charge in [-0.3, -0.25) is 9.36 Å². The van der Waals surface area contributed by atoms with Crippen molar-refractivity contribution in [2.24, 2.45) is 0 Å². The predicted molar refractivity (Wildman–Crippen MR) is 119 cm³/mol. The van der Waals surface area contributed by atoms with Crippen LogP contribution in [0.4, 0.5) is 8.78 Å². The van der Waals surface area contributed by atoms with Crippen molar-refractivity contribution in [3.05, 3.63) is 90.5 Å². The molecule has 156 valence electrons. The average Bonchev–Trinajstić information content (AvgIpc) is 2.78. The quantitative estimate of drug-likeness (QED) is 0.383. The topological polar surface area (TPSA) is 46.2 Å².